The number of hydrogen-bond donors (Lipinski definition) is 1. The van der Waals surface area contributed by atoms with Gasteiger partial charge in [0.05, 0.1) is 17.7 Å². The van der Waals surface area contributed by atoms with Gasteiger partial charge in [0.25, 0.3) is 5.91 Å². The number of aromatic nitrogens is 1. The van der Waals surface area contributed by atoms with Crippen LogP contribution in [0.5, 0.6) is 5.75 Å². The Hall–Kier alpha value is -2.78. The summed E-state index contributed by atoms with van der Waals surface area (Å²) in [4.78, 5) is 19.8. The zero-order valence-corrected chi connectivity index (χ0v) is 18.9. The van der Waals surface area contributed by atoms with E-state index in [1.807, 2.05) is 34.9 Å². The first-order valence-electron chi connectivity index (χ1n) is 9.79. The lowest BCUT2D eigenvalue weighted by molar-refractivity contribution is 0.0767. The fourth-order valence-electron chi connectivity index (χ4n) is 3.47. The standard InChI is InChI=1S/C22H23N3O4S2/c1-29-20-5-3-4-17-18(23-15-6-8-16(9-7-15)31(2,27)28)14-19(24-21(17)20)22(26)25-10-12-30-13-11-25/h3-9,14H,10-13H2,1-2H3,(H,23,24). The van der Waals surface area contributed by atoms with Gasteiger partial charge in [-0.05, 0) is 36.4 Å². The van der Waals surface area contributed by atoms with Gasteiger partial charge in [0.15, 0.2) is 9.84 Å². The normalized spacial score (nSPS) is 14.5. The fraction of sp³-hybridized carbons (Fsp3) is 0.273. The maximum absolute atomic E-state index is 13.1. The number of methoxy groups -OCH3 is 1. The molecule has 2 heterocycles. The first-order chi connectivity index (χ1) is 14.9. The van der Waals surface area contributed by atoms with Gasteiger partial charge in [0.1, 0.15) is 17.0 Å². The van der Waals surface area contributed by atoms with Crippen LogP contribution in [-0.4, -0.2) is 62.2 Å². The largest absolute Gasteiger partial charge is 0.494 e. The molecule has 31 heavy (non-hydrogen) atoms. The number of carbonyl (C=O) groups is 1. The van der Waals surface area contributed by atoms with Gasteiger partial charge in [-0.3, -0.25) is 4.79 Å². The SMILES string of the molecule is COc1cccc2c(Nc3ccc(S(C)(=O)=O)cc3)cc(C(=O)N3CCSCC3)nc12. The summed E-state index contributed by atoms with van der Waals surface area (Å²) < 4.78 is 28.9. The van der Waals surface area contributed by atoms with Gasteiger partial charge in [-0.2, -0.15) is 11.8 Å². The van der Waals surface area contributed by atoms with E-state index in [1.165, 1.54) is 6.26 Å². The maximum Gasteiger partial charge on any atom is 0.272 e. The van der Waals surface area contributed by atoms with E-state index < -0.39 is 9.84 Å². The molecule has 0 saturated carbocycles. The number of carbonyl (C=O) groups excluding carboxylic acids is 1. The van der Waals surface area contributed by atoms with E-state index in [0.717, 1.165) is 16.9 Å². The summed E-state index contributed by atoms with van der Waals surface area (Å²) >= 11 is 1.84. The molecule has 1 saturated heterocycles. The van der Waals surface area contributed by atoms with Crippen molar-refractivity contribution < 1.29 is 17.9 Å². The number of fused-ring (bicyclic) bond motifs is 1. The van der Waals surface area contributed by atoms with Crippen LogP contribution in [0.25, 0.3) is 10.9 Å². The fourth-order valence-corrected chi connectivity index (χ4v) is 5.00. The number of thioether (sulfide) groups is 1. The van der Waals surface area contributed by atoms with Crippen molar-refractivity contribution in [2.75, 3.05) is 43.3 Å². The van der Waals surface area contributed by atoms with Gasteiger partial charge in [-0.1, -0.05) is 12.1 Å². The summed E-state index contributed by atoms with van der Waals surface area (Å²) in [6.45, 7) is 1.40. The van der Waals surface area contributed by atoms with Crippen molar-refractivity contribution in [2.45, 2.75) is 4.90 Å². The molecule has 1 amide bonds. The van der Waals surface area contributed by atoms with Gasteiger partial charge in [-0.25, -0.2) is 13.4 Å². The maximum atomic E-state index is 13.1. The molecule has 0 atom stereocenters. The average Bonchev–Trinajstić information content (AvgIpc) is 2.78. The zero-order valence-electron chi connectivity index (χ0n) is 17.3. The predicted molar refractivity (Wildman–Crippen MR) is 124 cm³/mol. The molecule has 1 fully saturated rings. The predicted octanol–water partition coefficient (Wildman–Crippen LogP) is 3.58. The van der Waals surface area contributed by atoms with Crippen molar-refractivity contribution in [1.29, 1.82) is 0 Å². The molecule has 1 aliphatic rings. The van der Waals surface area contributed by atoms with Crippen molar-refractivity contribution in [3.63, 3.8) is 0 Å². The van der Waals surface area contributed by atoms with E-state index >= 15 is 0 Å². The third kappa shape index (κ3) is 4.62. The Morgan fingerprint density at radius 3 is 2.48 bits per heavy atom. The number of amides is 1. The molecule has 0 unspecified atom stereocenters. The summed E-state index contributed by atoms with van der Waals surface area (Å²) in [5.74, 6) is 2.31. The molecular formula is C22H23N3O4S2. The number of anilines is 2. The van der Waals surface area contributed by atoms with Crippen LogP contribution in [0, 0.1) is 0 Å². The molecular weight excluding hydrogens is 434 g/mol. The zero-order chi connectivity index (χ0) is 22.0. The molecule has 0 aliphatic carbocycles. The number of rotatable bonds is 5. The number of benzene rings is 2. The Morgan fingerprint density at radius 2 is 1.84 bits per heavy atom. The molecule has 0 bridgehead atoms. The molecule has 0 radical (unpaired) electrons. The van der Waals surface area contributed by atoms with Gasteiger partial charge in [-0.15, -0.1) is 0 Å². The van der Waals surface area contributed by atoms with E-state index in [2.05, 4.69) is 10.3 Å². The third-order valence-electron chi connectivity index (χ3n) is 5.10. The molecule has 3 aromatic rings. The minimum absolute atomic E-state index is 0.108. The first-order valence-corrected chi connectivity index (χ1v) is 12.8. The van der Waals surface area contributed by atoms with Crippen LogP contribution in [0.2, 0.25) is 0 Å². The van der Waals surface area contributed by atoms with Crippen LogP contribution >= 0.6 is 11.8 Å². The van der Waals surface area contributed by atoms with Crippen LogP contribution in [0.1, 0.15) is 10.5 Å². The average molecular weight is 458 g/mol. The van der Waals surface area contributed by atoms with Crippen molar-refractivity contribution in [3.05, 3.63) is 54.2 Å². The number of ether oxygens (including phenoxy) is 1. The van der Waals surface area contributed by atoms with E-state index in [9.17, 15) is 13.2 Å². The quantitative estimate of drug-likeness (QED) is 0.626. The first kappa shape index (κ1) is 21.5. The lowest BCUT2D eigenvalue weighted by Gasteiger charge is -2.26. The van der Waals surface area contributed by atoms with Crippen LogP contribution in [0.4, 0.5) is 11.4 Å². The Labute approximate surface area is 185 Å². The highest BCUT2D eigenvalue weighted by molar-refractivity contribution is 7.99. The Bertz CT molecular complexity index is 1220. The minimum Gasteiger partial charge on any atom is -0.494 e. The van der Waals surface area contributed by atoms with Crippen molar-refractivity contribution in [1.82, 2.24) is 9.88 Å². The molecule has 1 aromatic heterocycles. The van der Waals surface area contributed by atoms with E-state index in [-0.39, 0.29) is 10.8 Å². The smallest absolute Gasteiger partial charge is 0.272 e. The summed E-state index contributed by atoms with van der Waals surface area (Å²) in [7, 11) is -1.70. The monoisotopic (exact) mass is 457 g/mol. The van der Waals surface area contributed by atoms with Crippen LogP contribution in [0.15, 0.2) is 53.4 Å². The highest BCUT2D eigenvalue weighted by Gasteiger charge is 2.22. The second-order valence-corrected chi connectivity index (χ2v) is 10.5. The van der Waals surface area contributed by atoms with E-state index in [1.54, 1.807) is 37.4 Å². The van der Waals surface area contributed by atoms with E-state index in [4.69, 9.17) is 4.74 Å². The lowest BCUT2D eigenvalue weighted by atomic mass is 10.1. The second kappa shape index (κ2) is 8.76. The summed E-state index contributed by atoms with van der Waals surface area (Å²) in [5, 5.41) is 4.11. The third-order valence-corrected chi connectivity index (χ3v) is 7.17. The number of para-hydroxylation sites is 1. The van der Waals surface area contributed by atoms with Gasteiger partial charge in [0.2, 0.25) is 0 Å². The molecule has 162 valence electrons. The Kier molecular flexibility index (Phi) is 6.06. The minimum atomic E-state index is -3.27. The van der Waals surface area contributed by atoms with Crippen molar-refractivity contribution in [3.8, 4) is 5.75 Å². The van der Waals surface area contributed by atoms with Crippen LogP contribution in [0.3, 0.4) is 0 Å². The van der Waals surface area contributed by atoms with E-state index in [0.29, 0.717) is 41.4 Å². The van der Waals surface area contributed by atoms with Gasteiger partial charge >= 0.3 is 0 Å². The molecule has 0 spiro atoms. The molecule has 1 N–H and O–H groups in total. The summed E-state index contributed by atoms with van der Waals surface area (Å²) in [6, 6.07) is 13.8. The number of sulfone groups is 1. The summed E-state index contributed by atoms with van der Waals surface area (Å²) in [5.41, 5.74) is 2.35. The Morgan fingerprint density at radius 1 is 1.13 bits per heavy atom. The van der Waals surface area contributed by atoms with Gasteiger partial charge in [0, 0.05) is 41.9 Å². The van der Waals surface area contributed by atoms with Crippen LogP contribution in [-0.2, 0) is 9.84 Å². The lowest BCUT2D eigenvalue weighted by Crippen LogP contribution is -2.38. The Balaban J connectivity index is 1.76. The van der Waals surface area contributed by atoms with Crippen molar-refractivity contribution >= 4 is 49.8 Å². The number of nitrogens with one attached hydrogen (secondary N) is 1. The molecule has 4 rings (SSSR count). The summed E-state index contributed by atoms with van der Waals surface area (Å²) in [6.07, 6.45) is 1.18. The van der Waals surface area contributed by atoms with Crippen LogP contribution < -0.4 is 10.1 Å². The number of pyridine rings is 1. The number of nitrogens with zero attached hydrogens (tertiary/aromatic N) is 2. The number of hydrogen-bond acceptors (Lipinski definition) is 7. The molecule has 2 aromatic carbocycles. The highest BCUT2D eigenvalue weighted by atomic mass is 32.2. The molecule has 7 nitrogen and oxygen atoms in total. The van der Waals surface area contributed by atoms with Gasteiger partial charge < -0.3 is 15.0 Å². The molecule has 1 aliphatic heterocycles. The molecule has 9 heteroatoms. The topological polar surface area (TPSA) is 88.6 Å². The van der Waals surface area contributed by atoms with Crippen molar-refractivity contribution in [2.24, 2.45) is 0 Å². The second-order valence-electron chi connectivity index (χ2n) is 7.24. The highest BCUT2D eigenvalue weighted by Crippen LogP contribution is 2.32.